The molecule has 2 N–H and O–H groups in total. The van der Waals surface area contributed by atoms with Crippen LogP contribution in [-0.2, 0) is 16.4 Å². The molecule has 0 aliphatic rings. The molecule has 0 radical (unpaired) electrons. The highest BCUT2D eigenvalue weighted by atomic mass is 35.5. The summed E-state index contributed by atoms with van der Waals surface area (Å²) in [5.41, 5.74) is 8.50. The molecule has 0 aliphatic heterocycles. The number of hydrogen-bond acceptors (Lipinski definition) is 5. The molecule has 2 heterocycles. The molecule has 0 fully saturated rings. The van der Waals surface area contributed by atoms with Crippen LogP contribution in [0.5, 0.6) is 0 Å². The number of sulfone groups is 1. The van der Waals surface area contributed by atoms with Crippen LogP contribution in [0.4, 0.5) is 5.82 Å². The Morgan fingerprint density at radius 3 is 2.31 bits per heavy atom. The van der Waals surface area contributed by atoms with Crippen molar-refractivity contribution in [1.82, 2.24) is 14.5 Å². The summed E-state index contributed by atoms with van der Waals surface area (Å²) in [7, 11) is -3.90. The first-order valence-corrected chi connectivity index (χ1v) is 11.3. The number of aryl methyl sites for hydroxylation is 1. The van der Waals surface area contributed by atoms with Crippen molar-refractivity contribution < 1.29 is 8.42 Å². The van der Waals surface area contributed by atoms with Gasteiger partial charge in [0.1, 0.15) is 16.2 Å². The van der Waals surface area contributed by atoms with Crippen molar-refractivity contribution in [1.29, 1.82) is 0 Å². The minimum absolute atomic E-state index is 0.00424. The van der Waals surface area contributed by atoms with Crippen molar-refractivity contribution in [2.45, 2.75) is 42.5 Å². The van der Waals surface area contributed by atoms with Gasteiger partial charge < -0.3 is 10.3 Å². The van der Waals surface area contributed by atoms with Gasteiger partial charge in [-0.15, -0.1) is 0 Å². The number of para-hydroxylation sites is 2. The Kier molecular flexibility index (Phi) is 5.19. The van der Waals surface area contributed by atoms with Gasteiger partial charge in [-0.05, 0) is 42.8 Å². The highest BCUT2D eigenvalue weighted by Gasteiger charge is 2.30. The van der Waals surface area contributed by atoms with Crippen LogP contribution >= 0.6 is 11.6 Å². The van der Waals surface area contributed by atoms with Gasteiger partial charge in [-0.25, -0.2) is 18.4 Å². The van der Waals surface area contributed by atoms with E-state index >= 15 is 0 Å². The number of halogens is 1. The number of fused-ring (bicyclic) bond motifs is 2. The van der Waals surface area contributed by atoms with Gasteiger partial charge in [0.15, 0.2) is 5.65 Å². The zero-order valence-corrected chi connectivity index (χ0v) is 17.5. The molecule has 0 amide bonds. The summed E-state index contributed by atoms with van der Waals surface area (Å²) in [4.78, 5) is 9.45. The summed E-state index contributed by atoms with van der Waals surface area (Å²) >= 11 is 5.93. The standard InChI is InChI=1S/C21H21ClN4O2S/c1-2-3-6-13-26-20(23)19(29(27,28)15-11-9-14(22)10-12-15)18-21(26)25-17-8-5-4-7-16(17)24-18/h4-5,7-12H,2-3,6,13,23H2,1H3. The fourth-order valence-corrected chi connectivity index (χ4v) is 5.07. The number of nitrogens with two attached hydrogens (primary N) is 1. The van der Waals surface area contributed by atoms with Gasteiger partial charge in [0, 0.05) is 11.6 Å². The lowest BCUT2D eigenvalue weighted by Crippen LogP contribution is -2.08. The Morgan fingerprint density at radius 2 is 1.66 bits per heavy atom. The van der Waals surface area contributed by atoms with E-state index in [1.54, 1.807) is 16.7 Å². The third-order valence-corrected chi connectivity index (χ3v) is 7.01. The molecule has 0 saturated carbocycles. The van der Waals surface area contributed by atoms with Gasteiger partial charge in [-0.1, -0.05) is 43.5 Å². The second-order valence-electron chi connectivity index (χ2n) is 6.92. The summed E-state index contributed by atoms with van der Waals surface area (Å²) in [5, 5.41) is 0.463. The molecule has 0 aliphatic carbocycles. The Balaban J connectivity index is 2.00. The molecular formula is C21H21ClN4O2S. The Labute approximate surface area is 174 Å². The largest absolute Gasteiger partial charge is 0.384 e. The van der Waals surface area contributed by atoms with Gasteiger partial charge in [-0.3, -0.25) is 0 Å². The van der Waals surface area contributed by atoms with E-state index < -0.39 is 9.84 Å². The molecule has 0 bridgehead atoms. The molecule has 0 saturated heterocycles. The van der Waals surface area contributed by atoms with E-state index in [0.29, 0.717) is 33.8 Å². The topological polar surface area (TPSA) is 90.9 Å². The zero-order chi connectivity index (χ0) is 20.6. The van der Waals surface area contributed by atoms with Crippen molar-refractivity contribution in [2.24, 2.45) is 0 Å². The first kappa shape index (κ1) is 19.7. The minimum atomic E-state index is -3.90. The van der Waals surface area contributed by atoms with Gasteiger partial charge >= 0.3 is 0 Å². The maximum absolute atomic E-state index is 13.5. The summed E-state index contributed by atoms with van der Waals surface area (Å²) in [6.45, 7) is 2.69. The lowest BCUT2D eigenvalue weighted by atomic mass is 10.2. The molecule has 2 aromatic heterocycles. The third-order valence-electron chi connectivity index (χ3n) is 4.92. The highest BCUT2D eigenvalue weighted by Crippen LogP contribution is 2.35. The van der Waals surface area contributed by atoms with Gasteiger partial charge in [0.25, 0.3) is 0 Å². The van der Waals surface area contributed by atoms with Crippen LogP contribution in [0.2, 0.25) is 5.02 Å². The quantitative estimate of drug-likeness (QED) is 0.443. The van der Waals surface area contributed by atoms with Gasteiger partial charge in [-0.2, -0.15) is 0 Å². The van der Waals surface area contributed by atoms with Crippen molar-refractivity contribution in [3.05, 3.63) is 53.6 Å². The van der Waals surface area contributed by atoms with Crippen LogP contribution in [0, 0.1) is 0 Å². The van der Waals surface area contributed by atoms with E-state index in [0.717, 1.165) is 19.3 Å². The lowest BCUT2D eigenvalue weighted by Gasteiger charge is -2.08. The number of aromatic nitrogens is 3. The van der Waals surface area contributed by atoms with E-state index in [1.807, 2.05) is 24.3 Å². The Hall–Kier alpha value is -2.64. The minimum Gasteiger partial charge on any atom is -0.384 e. The molecule has 29 heavy (non-hydrogen) atoms. The van der Waals surface area contributed by atoms with E-state index in [4.69, 9.17) is 22.3 Å². The number of rotatable bonds is 6. The summed E-state index contributed by atoms with van der Waals surface area (Å²) in [6, 6.07) is 13.4. The van der Waals surface area contributed by atoms with Crippen LogP contribution in [-0.4, -0.2) is 23.0 Å². The number of benzene rings is 2. The molecule has 4 rings (SSSR count). The molecule has 2 aromatic carbocycles. The third kappa shape index (κ3) is 3.45. The van der Waals surface area contributed by atoms with Crippen LogP contribution in [0.15, 0.2) is 58.3 Å². The first-order valence-electron chi connectivity index (χ1n) is 9.48. The first-order chi connectivity index (χ1) is 13.9. The van der Waals surface area contributed by atoms with Crippen molar-refractivity contribution in [3.8, 4) is 0 Å². The van der Waals surface area contributed by atoms with Crippen molar-refractivity contribution in [2.75, 3.05) is 5.73 Å². The number of nitrogen functional groups attached to an aromatic ring is 1. The molecule has 0 spiro atoms. The van der Waals surface area contributed by atoms with Gasteiger partial charge in [0.05, 0.1) is 15.9 Å². The number of nitrogens with zero attached hydrogens (tertiary/aromatic N) is 3. The van der Waals surface area contributed by atoms with E-state index in [2.05, 4.69) is 11.9 Å². The predicted molar refractivity (Wildman–Crippen MR) is 116 cm³/mol. The fourth-order valence-electron chi connectivity index (χ4n) is 3.43. The number of anilines is 1. The fraction of sp³-hybridized carbons (Fsp3) is 0.238. The molecule has 0 atom stereocenters. The second-order valence-corrected chi connectivity index (χ2v) is 9.24. The lowest BCUT2D eigenvalue weighted by molar-refractivity contribution is 0.594. The highest BCUT2D eigenvalue weighted by molar-refractivity contribution is 7.92. The molecule has 8 heteroatoms. The zero-order valence-electron chi connectivity index (χ0n) is 16.0. The summed E-state index contributed by atoms with van der Waals surface area (Å²) in [5.74, 6) is 0.168. The maximum Gasteiger partial charge on any atom is 0.212 e. The van der Waals surface area contributed by atoms with Gasteiger partial charge in [0.2, 0.25) is 9.84 Å². The SMILES string of the molecule is CCCCCn1c(N)c(S(=O)(=O)c2ccc(Cl)cc2)c2nc3ccccc3nc21. The molecule has 6 nitrogen and oxygen atoms in total. The summed E-state index contributed by atoms with van der Waals surface area (Å²) in [6.07, 6.45) is 2.93. The number of unbranched alkanes of at least 4 members (excludes halogenated alkanes) is 2. The maximum atomic E-state index is 13.5. The van der Waals surface area contributed by atoms with Crippen molar-refractivity contribution >= 4 is 49.5 Å². The Bertz CT molecular complexity index is 1300. The number of hydrogen-bond donors (Lipinski definition) is 1. The summed E-state index contributed by atoms with van der Waals surface area (Å²) < 4.78 is 28.7. The second kappa shape index (κ2) is 7.65. The van der Waals surface area contributed by atoms with E-state index in [9.17, 15) is 8.42 Å². The molecule has 4 aromatic rings. The van der Waals surface area contributed by atoms with Crippen LogP contribution in [0.3, 0.4) is 0 Å². The normalized spacial score (nSPS) is 12.1. The van der Waals surface area contributed by atoms with E-state index in [-0.39, 0.29) is 15.6 Å². The predicted octanol–water partition coefficient (Wildman–Crippen LogP) is 4.84. The van der Waals surface area contributed by atoms with E-state index in [1.165, 1.54) is 12.1 Å². The Morgan fingerprint density at radius 1 is 1.00 bits per heavy atom. The molecular weight excluding hydrogens is 408 g/mol. The van der Waals surface area contributed by atoms with Crippen LogP contribution < -0.4 is 5.73 Å². The van der Waals surface area contributed by atoms with Crippen molar-refractivity contribution in [3.63, 3.8) is 0 Å². The average Bonchev–Trinajstić information content (AvgIpc) is 2.98. The monoisotopic (exact) mass is 428 g/mol. The van der Waals surface area contributed by atoms with Crippen LogP contribution in [0.1, 0.15) is 26.2 Å². The smallest absolute Gasteiger partial charge is 0.212 e. The molecule has 150 valence electrons. The molecule has 0 unspecified atom stereocenters. The average molecular weight is 429 g/mol. The van der Waals surface area contributed by atoms with Crippen LogP contribution in [0.25, 0.3) is 22.2 Å².